The van der Waals surface area contributed by atoms with Gasteiger partial charge in [-0.05, 0) is 41.6 Å². The van der Waals surface area contributed by atoms with Crippen molar-refractivity contribution in [2.24, 2.45) is 0 Å². The molecule has 0 saturated heterocycles. The van der Waals surface area contributed by atoms with Crippen LogP contribution in [0.4, 0.5) is 5.69 Å². The lowest BCUT2D eigenvalue weighted by atomic mass is 10.1. The average molecular weight is 437 g/mol. The van der Waals surface area contributed by atoms with Gasteiger partial charge in [0.2, 0.25) is 0 Å². The average Bonchev–Trinajstić information content (AvgIpc) is 3.49. The third-order valence-electron chi connectivity index (χ3n) is 5.49. The molecule has 5 aromatic rings. The van der Waals surface area contributed by atoms with Crippen LogP contribution in [0.3, 0.4) is 0 Å². The fraction of sp³-hybridized carbons (Fsp3) is 0.111. The Balaban J connectivity index is 1.21. The first-order valence-electron chi connectivity index (χ1n) is 10.7. The molecule has 0 aliphatic carbocycles. The molecule has 1 N–H and O–H groups in total. The van der Waals surface area contributed by atoms with Gasteiger partial charge in [-0.2, -0.15) is 5.10 Å². The number of anilines is 1. The molecule has 0 atom stereocenters. The second-order valence-corrected chi connectivity index (χ2v) is 7.84. The monoisotopic (exact) mass is 437 g/mol. The molecule has 2 aromatic heterocycles. The highest BCUT2D eigenvalue weighted by molar-refractivity contribution is 6.02. The zero-order valence-corrected chi connectivity index (χ0v) is 18.2. The van der Waals surface area contributed by atoms with E-state index in [0.29, 0.717) is 18.0 Å². The van der Waals surface area contributed by atoms with Crippen LogP contribution < -0.4 is 10.1 Å². The van der Waals surface area contributed by atoms with E-state index in [1.54, 1.807) is 29.2 Å². The van der Waals surface area contributed by atoms with E-state index in [0.717, 1.165) is 16.5 Å². The van der Waals surface area contributed by atoms with Gasteiger partial charge in [-0.3, -0.25) is 9.48 Å². The van der Waals surface area contributed by atoms with Gasteiger partial charge in [0.05, 0.1) is 18.4 Å². The number of furan rings is 1. The van der Waals surface area contributed by atoms with Crippen molar-refractivity contribution in [1.29, 1.82) is 0 Å². The van der Waals surface area contributed by atoms with Gasteiger partial charge >= 0.3 is 0 Å². The molecule has 0 bridgehead atoms. The van der Waals surface area contributed by atoms with Crippen molar-refractivity contribution >= 4 is 22.4 Å². The Morgan fingerprint density at radius 3 is 2.73 bits per heavy atom. The van der Waals surface area contributed by atoms with E-state index in [1.165, 1.54) is 11.1 Å². The summed E-state index contributed by atoms with van der Waals surface area (Å²) in [6, 6.07) is 25.5. The lowest BCUT2D eigenvalue weighted by molar-refractivity contribution is 0.0992. The molecule has 6 heteroatoms. The first-order valence-corrected chi connectivity index (χ1v) is 10.7. The normalized spacial score (nSPS) is 10.9. The van der Waals surface area contributed by atoms with Crippen LogP contribution in [0.25, 0.3) is 10.8 Å². The zero-order chi connectivity index (χ0) is 22.6. The summed E-state index contributed by atoms with van der Waals surface area (Å²) in [6.45, 7) is 2.94. The molecular weight excluding hydrogens is 414 g/mol. The van der Waals surface area contributed by atoms with E-state index in [1.807, 2.05) is 54.6 Å². The number of aryl methyl sites for hydroxylation is 1. The van der Waals surface area contributed by atoms with Crippen LogP contribution in [0.2, 0.25) is 0 Å². The van der Waals surface area contributed by atoms with Crippen molar-refractivity contribution in [3.8, 4) is 5.75 Å². The number of carbonyl (C=O) groups is 1. The number of hydrogen-bond donors (Lipinski definition) is 1. The van der Waals surface area contributed by atoms with Crippen LogP contribution in [0.5, 0.6) is 5.75 Å². The molecule has 0 radical (unpaired) electrons. The van der Waals surface area contributed by atoms with Gasteiger partial charge in [0, 0.05) is 11.6 Å². The molecule has 3 aromatic carbocycles. The molecule has 0 aliphatic rings. The maximum Gasteiger partial charge on any atom is 0.291 e. The number of benzene rings is 3. The van der Waals surface area contributed by atoms with Gasteiger partial charge in [-0.1, -0.05) is 60.7 Å². The number of nitrogens with zero attached hydrogens (tertiary/aromatic N) is 2. The van der Waals surface area contributed by atoms with Crippen LogP contribution in [0.15, 0.2) is 95.7 Å². The number of hydrogen-bond acceptors (Lipinski definition) is 4. The smallest absolute Gasteiger partial charge is 0.291 e. The minimum atomic E-state index is -0.332. The van der Waals surface area contributed by atoms with E-state index in [4.69, 9.17) is 9.15 Å². The second kappa shape index (κ2) is 9.04. The van der Waals surface area contributed by atoms with Crippen molar-refractivity contribution < 1.29 is 13.9 Å². The Kier molecular flexibility index (Phi) is 5.64. The standard InChI is InChI=1S/C27H23N3O3/c1-19-7-2-3-9-21(19)16-30-17-22(15-28-30)29-27(31)26-14-13-23(33-26)18-32-25-12-6-10-20-8-4-5-11-24(20)25/h2-15,17H,16,18H2,1H3,(H,29,31). The van der Waals surface area contributed by atoms with Gasteiger partial charge in [-0.25, -0.2) is 0 Å². The highest BCUT2D eigenvalue weighted by atomic mass is 16.5. The van der Waals surface area contributed by atoms with Crippen LogP contribution in [-0.4, -0.2) is 15.7 Å². The number of aromatic nitrogens is 2. The SMILES string of the molecule is Cc1ccccc1Cn1cc(NC(=O)c2ccc(COc3cccc4ccccc34)o2)cn1. The van der Waals surface area contributed by atoms with Gasteiger partial charge in [0.15, 0.2) is 5.76 Å². The molecular formula is C27H23N3O3. The summed E-state index contributed by atoms with van der Waals surface area (Å²) < 4.78 is 13.4. The number of ether oxygens (including phenoxy) is 1. The maximum absolute atomic E-state index is 12.6. The topological polar surface area (TPSA) is 69.3 Å². The second-order valence-electron chi connectivity index (χ2n) is 7.84. The lowest BCUT2D eigenvalue weighted by Crippen LogP contribution is -2.10. The number of fused-ring (bicyclic) bond motifs is 1. The summed E-state index contributed by atoms with van der Waals surface area (Å²) in [5.41, 5.74) is 2.99. The van der Waals surface area contributed by atoms with Crippen molar-refractivity contribution in [2.75, 3.05) is 5.32 Å². The Labute approximate surface area is 191 Å². The molecule has 0 saturated carbocycles. The summed E-state index contributed by atoms with van der Waals surface area (Å²) in [7, 11) is 0. The minimum Gasteiger partial charge on any atom is -0.485 e. The lowest BCUT2D eigenvalue weighted by Gasteiger charge is -2.08. The summed E-state index contributed by atoms with van der Waals surface area (Å²) in [5, 5.41) is 9.32. The largest absolute Gasteiger partial charge is 0.485 e. The number of amides is 1. The maximum atomic E-state index is 12.6. The molecule has 0 aliphatic heterocycles. The fourth-order valence-corrected chi connectivity index (χ4v) is 3.72. The van der Waals surface area contributed by atoms with E-state index in [9.17, 15) is 4.79 Å². The van der Waals surface area contributed by atoms with Gasteiger partial charge in [0.25, 0.3) is 5.91 Å². The molecule has 6 nitrogen and oxygen atoms in total. The molecule has 0 spiro atoms. The van der Waals surface area contributed by atoms with Crippen molar-refractivity contribution in [3.63, 3.8) is 0 Å². The quantitative estimate of drug-likeness (QED) is 0.348. The molecule has 164 valence electrons. The number of rotatable bonds is 7. The van der Waals surface area contributed by atoms with E-state index in [2.05, 4.69) is 29.5 Å². The number of nitrogens with one attached hydrogen (secondary N) is 1. The molecule has 0 unspecified atom stereocenters. The Hall–Kier alpha value is -4.32. The fourth-order valence-electron chi connectivity index (χ4n) is 3.72. The van der Waals surface area contributed by atoms with E-state index < -0.39 is 0 Å². The van der Waals surface area contributed by atoms with Crippen LogP contribution in [0.1, 0.15) is 27.4 Å². The van der Waals surface area contributed by atoms with Crippen molar-refractivity contribution in [2.45, 2.75) is 20.1 Å². The van der Waals surface area contributed by atoms with Crippen LogP contribution in [-0.2, 0) is 13.2 Å². The van der Waals surface area contributed by atoms with Gasteiger partial charge < -0.3 is 14.5 Å². The predicted molar refractivity (Wildman–Crippen MR) is 127 cm³/mol. The van der Waals surface area contributed by atoms with Gasteiger partial charge in [-0.15, -0.1) is 0 Å². The van der Waals surface area contributed by atoms with Gasteiger partial charge in [0.1, 0.15) is 18.1 Å². The highest BCUT2D eigenvalue weighted by Gasteiger charge is 2.13. The van der Waals surface area contributed by atoms with E-state index >= 15 is 0 Å². The number of carbonyl (C=O) groups excluding carboxylic acids is 1. The minimum absolute atomic E-state index is 0.221. The zero-order valence-electron chi connectivity index (χ0n) is 18.2. The van der Waals surface area contributed by atoms with Crippen LogP contribution >= 0.6 is 0 Å². The van der Waals surface area contributed by atoms with Crippen LogP contribution in [0, 0.1) is 6.92 Å². The predicted octanol–water partition coefficient (Wildman–Crippen LogP) is 5.82. The molecule has 0 fully saturated rings. The van der Waals surface area contributed by atoms with E-state index in [-0.39, 0.29) is 18.3 Å². The summed E-state index contributed by atoms with van der Waals surface area (Å²) in [5.74, 6) is 1.24. The molecule has 1 amide bonds. The highest BCUT2D eigenvalue weighted by Crippen LogP contribution is 2.26. The third kappa shape index (κ3) is 4.65. The Bertz CT molecular complexity index is 1410. The first-order chi connectivity index (χ1) is 16.2. The van der Waals surface area contributed by atoms with Crippen molar-refractivity contribution in [3.05, 3.63) is 114 Å². The summed E-state index contributed by atoms with van der Waals surface area (Å²) >= 11 is 0. The Morgan fingerprint density at radius 2 is 1.82 bits per heavy atom. The molecule has 5 rings (SSSR count). The van der Waals surface area contributed by atoms with Crippen molar-refractivity contribution in [1.82, 2.24) is 9.78 Å². The summed E-state index contributed by atoms with van der Waals surface area (Å²) in [4.78, 5) is 12.6. The molecule has 33 heavy (non-hydrogen) atoms. The summed E-state index contributed by atoms with van der Waals surface area (Å²) in [6.07, 6.45) is 3.43. The first kappa shape index (κ1) is 20.6. The Morgan fingerprint density at radius 1 is 1.00 bits per heavy atom. The molecule has 2 heterocycles. The third-order valence-corrected chi connectivity index (χ3v) is 5.49.